The van der Waals surface area contributed by atoms with E-state index in [9.17, 15) is 4.79 Å². The van der Waals surface area contributed by atoms with Crippen molar-refractivity contribution in [3.05, 3.63) is 83.1 Å². The smallest absolute Gasteiger partial charge is 0.273 e. The zero-order chi connectivity index (χ0) is 21.8. The number of amides is 1. The molecule has 0 spiro atoms. The summed E-state index contributed by atoms with van der Waals surface area (Å²) in [6, 6.07) is 16.8. The zero-order valence-electron chi connectivity index (χ0n) is 18.1. The van der Waals surface area contributed by atoms with Gasteiger partial charge in [0.15, 0.2) is 5.69 Å². The Hall–Kier alpha value is -3.16. The van der Waals surface area contributed by atoms with Crippen LogP contribution in [0.2, 0.25) is 0 Å². The second-order valence-electron chi connectivity index (χ2n) is 8.30. The molecule has 1 fully saturated rings. The summed E-state index contributed by atoms with van der Waals surface area (Å²) >= 11 is 0. The molecule has 5 rings (SSSR count). The van der Waals surface area contributed by atoms with E-state index >= 15 is 0 Å². The molecule has 1 amide bonds. The van der Waals surface area contributed by atoms with Gasteiger partial charge in [0.2, 0.25) is 5.89 Å². The average Bonchev–Trinajstić information content (AvgIpc) is 3.32. The van der Waals surface area contributed by atoms with Crippen molar-refractivity contribution < 1.29 is 13.9 Å². The van der Waals surface area contributed by atoms with Gasteiger partial charge >= 0.3 is 0 Å². The minimum Gasteiger partial charge on any atom is -0.447 e. The van der Waals surface area contributed by atoms with Crippen LogP contribution in [0, 0.1) is 0 Å². The molecule has 166 valence electrons. The number of hydrogen-bond acceptors (Lipinski definition) is 6. The van der Waals surface area contributed by atoms with E-state index in [0.717, 1.165) is 51.4 Å². The number of hydrogen-bond donors (Lipinski definition) is 1. The van der Waals surface area contributed by atoms with Crippen molar-refractivity contribution in [3.63, 3.8) is 0 Å². The summed E-state index contributed by atoms with van der Waals surface area (Å²) in [6.45, 7) is 6.24. The van der Waals surface area contributed by atoms with Crippen LogP contribution in [0.15, 0.2) is 59.2 Å². The first-order chi connectivity index (χ1) is 15.7. The maximum Gasteiger partial charge on any atom is 0.273 e. The first-order valence-electron chi connectivity index (χ1n) is 11.2. The summed E-state index contributed by atoms with van der Waals surface area (Å²) < 4.78 is 11.0. The number of ether oxygens (including phenoxy) is 1. The van der Waals surface area contributed by atoms with Gasteiger partial charge in [-0.15, -0.1) is 0 Å². The molecule has 0 bridgehead atoms. The second kappa shape index (κ2) is 9.54. The minimum atomic E-state index is -0.221. The van der Waals surface area contributed by atoms with Crippen molar-refractivity contribution in [2.75, 3.05) is 37.7 Å². The number of benzene rings is 2. The maximum absolute atomic E-state index is 12.5. The maximum atomic E-state index is 12.5. The summed E-state index contributed by atoms with van der Waals surface area (Å²) in [7, 11) is 0. The molecule has 1 saturated heterocycles. The van der Waals surface area contributed by atoms with Crippen molar-refractivity contribution in [1.82, 2.24) is 15.2 Å². The van der Waals surface area contributed by atoms with Crippen molar-refractivity contribution in [3.8, 4) is 0 Å². The van der Waals surface area contributed by atoms with Gasteiger partial charge < -0.3 is 19.4 Å². The molecule has 1 N–H and O–H groups in total. The van der Waals surface area contributed by atoms with Gasteiger partial charge in [-0.3, -0.25) is 9.69 Å². The van der Waals surface area contributed by atoms with Crippen LogP contribution >= 0.6 is 0 Å². The lowest BCUT2D eigenvalue weighted by atomic mass is 10.00. The first kappa shape index (κ1) is 20.7. The van der Waals surface area contributed by atoms with E-state index in [-0.39, 0.29) is 5.91 Å². The molecular formula is C25H28N4O3. The number of oxazole rings is 1. The van der Waals surface area contributed by atoms with Gasteiger partial charge in [0.25, 0.3) is 5.91 Å². The standard InChI is InChI=1S/C25H28N4O3/c30-25(26-15-19-5-7-22(8-6-19)29-11-13-31-14-12-29)23-18-32-24(27-23)17-28-10-9-20-3-1-2-4-21(20)16-28/h1-8,18H,9-17H2,(H,26,30). The summed E-state index contributed by atoms with van der Waals surface area (Å²) in [5.74, 6) is 0.352. The lowest BCUT2D eigenvalue weighted by Gasteiger charge is -2.28. The number of carbonyl (C=O) groups excluding carboxylic acids is 1. The van der Waals surface area contributed by atoms with Crippen LogP contribution < -0.4 is 10.2 Å². The van der Waals surface area contributed by atoms with E-state index in [1.165, 1.54) is 23.1 Å². The number of fused-ring (bicyclic) bond motifs is 1. The fourth-order valence-electron chi connectivity index (χ4n) is 4.29. The summed E-state index contributed by atoms with van der Waals surface area (Å²) in [4.78, 5) is 21.5. The molecule has 3 aromatic rings. The Bertz CT molecular complexity index is 1060. The SMILES string of the molecule is O=C(NCc1ccc(N2CCOCC2)cc1)c1coc(CN2CCc3ccccc3C2)n1. The Morgan fingerprint density at radius 2 is 1.78 bits per heavy atom. The summed E-state index contributed by atoms with van der Waals surface area (Å²) in [5.41, 5.74) is 5.32. The van der Waals surface area contributed by atoms with Crippen LogP contribution in [0.5, 0.6) is 0 Å². The second-order valence-corrected chi connectivity index (χ2v) is 8.30. The fourth-order valence-corrected chi connectivity index (χ4v) is 4.29. The van der Waals surface area contributed by atoms with Gasteiger partial charge in [0.1, 0.15) is 6.26 Å². The first-order valence-corrected chi connectivity index (χ1v) is 11.2. The molecule has 0 unspecified atom stereocenters. The van der Waals surface area contributed by atoms with E-state index in [4.69, 9.17) is 9.15 Å². The minimum absolute atomic E-state index is 0.221. The highest BCUT2D eigenvalue weighted by atomic mass is 16.5. The van der Waals surface area contributed by atoms with Crippen LogP contribution in [-0.4, -0.2) is 48.6 Å². The largest absolute Gasteiger partial charge is 0.447 e. The van der Waals surface area contributed by atoms with E-state index in [1.54, 1.807) is 0 Å². The quantitative estimate of drug-likeness (QED) is 0.646. The Labute approximate surface area is 188 Å². The topological polar surface area (TPSA) is 70.8 Å². The molecule has 32 heavy (non-hydrogen) atoms. The lowest BCUT2D eigenvalue weighted by molar-refractivity contribution is 0.0945. The fraction of sp³-hybridized carbons (Fsp3) is 0.360. The van der Waals surface area contributed by atoms with E-state index in [1.807, 2.05) is 12.1 Å². The highest BCUT2D eigenvalue weighted by molar-refractivity contribution is 5.91. The van der Waals surface area contributed by atoms with Crippen LogP contribution in [0.1, 0.15) is 33.1 Å². The van der Waals surface area contributed by atoms with Gasteiger partial charge in [0, 0.05) is 38.4 Å². The third kappa shape index (κ3) is 4.84. The van der Waals surface area contributed by atoms with E-state index < -0.39 is 0 Å². The molecule has 0 aliphatic carbocycles. The number of morpholine rings is 1. The highest BCUT2D eigenvalue weighted by Crippen LogP contribution is 2.20. The third-order valence-corrected chi connectivity index (χ3v) is 6.12. The van der Waals surface area contributed by atoms with Crippen molar-refractivity contribution in [2.45, 2.75) is 26.1 Å². The predicted octanol–water partition coefficient (Wildman–Crippen LogP) is 3.00. The summed E-state index contributed by atoms with van der Waals surface area (Å²) in [5, 5.41) is 2.94. The number of aromatic nitrogens is 1. The Kier molecular flexibility index (Phi) is 6.18. The molecule has 7 nitrogen and oxygen atoms in total. The van der Waals surface area contributed by atoms with Gasteiger partial charge in [-0.2, -0.15) is 0 Å². The number of anilines is 1. The number of rotatable bonds is 6. The monoisotopic (exact) mass is 432 g/mol. The molecule has 7 heteroatoms. The molecule has 1 aromatic heterocycles. The van der Waals surface area contributed by atoms with Gasteiger partial charge in [-0.1, -0.05) is 36.4 Å². The van der Waals surface area contributed by atoms with Gasteiger partial charge in [-0.05, 0) is 35.2 Å². The highest BCUT2D eigenvalue weighted by Gasteiger charge is 2.19. The van der Waals surface area contributed by atoms with Crippen molar-refractivity contribution in [2.24, 2.45) is 0 Å². The third-order valence-electron chi connectivity index (χ3n) is 6.12. The Morgan fingerprint density at radius 3 is 2.59 bits per heavy atom. The molecule has 0 saturated carbocycles. The van der Waals surface area contributed by atoms with Crippen LogP contribution in [0.3, 0.4) is 0 Å². The Morgan fingerprint density at radius 1 is 1.00 bits per heavy atom. The van der Waals surface area contributed by atoms with E-state index in [0.29, 0.717) is 24.7 Å². The Balaban J connectivity index is 1.12. The van der Waals surface area contributed by atoms with Crippen molar-refractivity contribution in [1.29, 1.82) is 0 Å². The zero-order valence-corrected chi connectivity index (χ0v) is 18.1. The number of carbonyl (C=O) groups is 1. The molecule has 2 aliphatic rings. The van der Waals surface area contributed by atoms with Crippen LogP contribution in [-0.2, 0) is 30.8 Å². The van der Waals surface area contributed by atoms with E-state index in [2.05, 4.69) is 56.5 Å². The normalized spacial score (nSPS) is 16.6. The van der Waals surface area contributed by atoms with Crippen LogP contribution in [0.25, 0.3) is 0 Å². The molecule has 0 radical (unpaired) electrons. The van der Waals surface area contributed by atoms with Gasteiger partial charge in [-0.25, -0.2) is 4.98 Å². The average molecular weight is 433 g/mol. The summed E-state index contributed by atoms with van der Waals surface area (Å²) in [6.07, 6.45) is 2.47. The lowest BCUT2D eigenvalue weighted by Crippen LogP contribution is -2.36. The number of nitrogens with one attached hydrogen (secondary N) is 1. The van der Waals surface area contributed by atoms with Gasteiger partial charge in [0.05, 0.1) is 19.8 Å². The van der Waals surface area contributed by atoms with Crippen LogP contribution in [0.4, 0.5) is 5.69 Å². The predicted molar refractivity (Wildman–Crippen MR) is 121 cm³/mol. The molecule has 2 aromatic carbocycles. The van der Waals surface area contributed by atoms with Crippen molar-refractivity contribution >= 4 is 11.6 Å². The molecule has 2 aliphatic heterocycles. The number of nitrogens with zero attached hydrogens (tertiary/aromatic N) is 3. The molecule has 3 heterocycles. The molecular weight excluding hydrogens is 404 g/mol. The molecule has 0 atom stereocenters.